The van der Waals surface area contributed by atoms with E-state index in [0.717, 1.165) is 18.2 Å². The van der Waals surface area contributed by atoms with E-state index in [4.69, 9.17) is 0 Å². The first-order chi connectivity index (χ1) is 15.4. The van der Waals surface area contributed by atoms with Crippen molar-refractivity contribution in [2.24, 2.45) is 5.92 Å². The van der Waals surface area contributed by atoms with E-state index in [2.05, 4.69) is 0 Å². The van der Waals surface area contributed by atoms with Gasteiger partial charge < -0.3 is 9.80 Å². The molecule has 1 heterocycles. The summed E-state index contributed by atoms with van der Waals surface area (Å²) in [6, 6.07) is 6.46. The van der Waals surface area contributed by atoms with Gasteiger partial charge >= 0.3 is 16.4 Å². The number of piperazine rings is 1. The van der Waals surface area contributed by atoms with Crippen molar-refractivity contribution in [3.63, 3.8) is 0 Å². The van der Waals surface area contributed by atoms with Crippen molar-refractivity contribution in [1.82, 2.24) is 4.90 Å². The summed E-state index contributed by atoms with van der Waals surface area (Å²) >= 11 is 0. The number of hydrogen-bond acceptors (Lipinski definition) is 2. The number of halogens is 8. The quantitative estimate of drug-likeness (QED) is 0.406. The molecule has 188 valence electrons. The maximum Gasteiger partial charge on any atom is 0.416 e. The third-order valence-corrected chi connectivity index (χ3v) is 7.45. The van der Waals surface area contributed by atoms with Gasteiger partial charge in [-0.25, -0.2) is 0 Å². The van der Waals surface area contributed by atoms with Gasteiger partial charge in [-0.1, -0.05) is 37.6 Å². The number of anilines is 1. The van der Waals surface area contributed by atoms with Crippen molar-refractivity contribution in [2.45, 2.75) is 30.3 Å². The Morgan fingerprint density at radius 3 is 2.18 bits per heavy atom. The molecule has 34 heavy (non-hydrogen) atoms. The van der Waals surface area contributed by atoms with Crippen LogP contribution in [0.5, 0.6) is 0 Å². The van der Waals surface area contributed by atoms with Gasteiger partial charge in [0.15, 0.2) is 0 Å². The number of nitrogens with zero attached hydrogens (tertiary/aromatic N) is 2. The molecule has 1 saturated carbocycles. The van der Waals surface area contributed by atoms with Crippen molar-refractivity contribution < 1.29 is 37.4 Å². The summed E-state index contributed by atoms with van der Waals surface area (Å²) in [6.45, 7) is 2.77. The van der Waals surface area contributed by atoms with Crippen LogP contribution in [0.1, 0.15) is 29.0 Å². The van der Waals surface area contributed by atoms with Crippen molar-refractivity contribution in [3.05, 3.63) is 59.2 Å². The van der Waals surface area contributed by atoms with Crippen molar-refractivity contribution in [2.75, 3.05) is 31.1 Å². The predicted octanol–water partition coefficient (Wildman–Crippen LogP) is 7.12. The second-order valence-corrected chi connectivity index (χ2v) is 11.2. The molecule has 2 unspecified atom stereocenters. The highest BCUT2D eigenvalue weighted by atomic mass is 32.5. The Morgan fingerprint density at radius 1 is 0.941 bits per heavy atom. The summed E-state index contributed by atoms with van der Waals surface area (Å²) in [6.07, 6.45) is -4.22. The minimum atomic E-state index is -9.81. The van der Waals surface area contributed by atoms with Crippen LogP contribution in [0.25, 0.3) is 0 Å². The van der Waals surface area contributed by atoms with E-state index in [9.17, 15) is 37.4 Å². The van der Waals surface area contributed by atoms with Crippen LogP contribution >= 0.6 is 10.2 Å². The molecule has 1 aliphatic heterocycles. The topological polar surface area (TPSA) is 23.6 Å². The normalized spacial score (nSPS) is 23.3. The van der Waals surface area contributed by atoms with Crippen LogP contribution in [0.2, 0.25) is 0 Å². The fourth-order valence-electron chi connectivity index (χ4n) is 4.35. The minimum Gasteiger partial charge on any atom is -0.368 e. The zero-order valence-corrected chi connectivity index (χ0v) is 18.8. The summed E-state index contributed by atoms with van der Waals surface area (Å²) in [5.74, 6) is -1.46. The molecule has 0 spiro atoms. The average molecular weight is 514 g/mol. The van der Waals surface area contributed by atoms with Crippen LogP contribution < -0.4 is 4.90 Å². The Balaban J connectivity index is 1.41. The van der Waals surface area contributed by atoms with Gasteiger partial charge in [0.1, 0.15) is 4.90 Å². The lowest BCUT2D eigenvalue weighted by molar-refractivity contribution is -0.137. The molecule has 2 atom stereocenters. The molecule has 1 saturated heterocycles. The standard InChI is InChI=1S/C22H22F8N2OS/c1-14-5-6-16(22(23,24)25)12-20(14)31-7-9-32(10-8-31)21(33)19-13-18(19)15-3-2-4-17(11-15)34(26,27,28,29)30/h2-6,11-12,18-19H,7-10,13H2,1H3. The van der Waals surface area contributed by atoms with E-state index in [0.29, 0.717) is 36.5 Å². The van der Waals surface area contributed by atoms with Gasteiger partial charge in [-0.05, 0) is 54.7 Å². The first-order valence-corrected chi connectivity index (χ1v) is 12.4. The molecule has 0 aromatic heterocycles. The van der Waals surface area contributed by atoms with Gasteiger partial charge in [0, 0.05) is 37.8 Å². The smallest absolute Gasteiger partial charge is 0.368 e. The molecule has 4 rings (SSSR count). The summed E-state index contributed by atoms with van der Waals surface area (Å²) in [4.78, 5) is 14.2. The third-order valence-electron chi connectivity index (χ3n) is 6.31. The van der Waals surface area contributed by atoms with Crippen molar-refractivity contribution in [3.8, 4) is 0 Å². The van der Waals surface area contributed by atoms with Gasteiger partial charge in [0.05, 0.1) is 5.56 Å². The highest BCUT2D eigenvalue weighted by Crippen LogP contribution is 3.02. The molecule has 2 aromatic carbocycles. The van der Waals surface area contributed by atoms with Gasteiger partial charge in [0.25, 0.3) is 0 Å². The summed E-state index contributed by atoms with van der Waals surface area (Å²) in [5, 5.41) is 0. The second kappa shape index (κ2) is 7.25. The second-order valence-electron chi connectivity index (χ2n) is 8.80. The van der Waals surface area contributed by atoms with E-state index < -0.39 is 38.7 Å². The highest BCUT2D eigenvalue weighted by Gasteiger charge is 2.65. The highest BCUT2D eigenvalue weighted by molar-refractivity contribution is 8.45. The number of rotatable bonds is 4. The van der Waals surface area contributed by atoms with Crippen molar-refractivity contribution in [1.29, 1.82) is 0 Å². The lowest BCUT2D eigenvalue weighted by atomic mass is 10.1. The SMILES string of the molecule is Cc1ccc(C(F)(F)F)cc1N1CCN(C(=O)C2CC2c2cccc(S(F)(F)(F)(F)F)c2)CC1. The van der Waals surface area contributed by atoms with Crippen LogP contribution in [0.15, 0.2) is 47.4 Å². The molecule has 0 bridgehead atoms. The Morgan fingerprint density at radius 2 is 1.59 bits per heavy atom. The van der Waals surface area contributed by atoms with Crippen LogP contribution in [0.4, 0.5) is 38.3 Å². The van der Waals surface area contributed by atoms with E-state index in [1.54, 1.807) is 11.8 Å². The molecule has 1 aliphatic carbocycles. The molecule has 12 heteroatoms. The maximum atomic E-state index is 13.1. The van der Waals surface area contributed by atoms with E-state index in [-0.39, 0.29) is 31.0 Å². The Hall–Kier alpha value is -2.50. The average Bonchev–Trinajstić information content (AvgIpc) is 3.52. The molecule has 2 aliphatic rings. The Kier molecular flexibility index (Phi) is 5.25. The van der Waals surface area contributed by atoms with Gasteiger partial charge in [-0.2, -0.15) is 13.2 Å². The number of aryl methyl sites for hydroxylation is 1. The molecular formula is C22H22F8N2OS. The summed E-state index contributed by atoms with van der Waals surface area (Å²) < 4.78 is 105. The van der Waals surface area contributed by atoms with E-state index in [1.807, 2.05) is 0 Å². The molecule has 1 amide bonds. The molecule has 2 fully saturated rings. The zero-order valence-electron chi connectivity index (χ0n) is 18.0. The van der Waals surface area contributed by atoms with E-state index >= 15 is 0 Å². The number of carbonyl (C=O) groups excluding carboxylic acids is 1. The fourth-order valence-corrected chi connectivity index (χ4v) is 5.04. The number of alkyl halides is 3. The maximum absolute atomic E-state index is 13.1. The first kappa shape index (κ1) is 24.6. The number of benzene rings is 2. The number of amides is 1. The van der Waals surface area contributed by atoms with Gasteiger partial charge in [-0.15, -0.1) is 0 Å². The molecular weight excluding hydrogens is 492 g/mol. The molecule has 2 aromatic rings. The van der Waals surface area contributed by atoms with Gasteiger partial charge in [-0.3, -0.25) is 4.79 Å². The number of hydrogen-bond donors (Lipinski definition) is 0. The molecule has 0 N–H and O–H groups in total. The van der Waals surface area contributed by atoms with Crippen LogP contribution in [0.3, 0.4) is 0 Å². The lowest BCUT2D eigenvalue weighted by Gasteiger charge is -2.40. The summed E-state index contributed by atoms with van der Waals surface area (Å²) in [5.41, 5.74) is 0.376. The van der Waals surface area contributed by atoms with Crippen LogP contribution in [-0.2, 0) is 11.0 Å². The largest absolute Gasteiger partial charge is 0.416 e. The first-order valence-electron chi connectivity index (χ1n) is 10.5. The Bertz CT molecular complexity index is 1130. The molecule has 3 nitrogen and oxygen atoms in total. The van der Waals surface area contributed by atoms with Gasteiger partial charge in [0.2, 0.25) is 5.91 Å². The summed E-state index contributed by atoms with van der Waals surface area (Å²) in [7, 11) is -9.81. The number of carbonyl (C=O) groups is 1. The van der Waals surface area contributed by atoms with Crippen LogP contribution in [-0.4, -0.2) is 37.0 Å². The minimum absolute atomic E-state index is 0.0438. The fraction of sp³-hybridized carbons (Fsp3) is 0.409. The van der Waals surface area contributed by atoms with Crippen LogP contribution in [0, 0.1) is 12.8 Å². The Labute approximate surface area is 191 Å². The van der Waals surface area contributed by atoms with E-state index in [1.165, 1.54) is 17.0 Å². The lowest BCUT2D eigenvalue weighted by Crippen LogP contribution is -2.49. The predicted molar refractivity (Wildman–Crippen MR) is 114 cm³/mol. The van der Waals surface area contributed by atoms with Crippen molar-refractivity contribution >= 4 is 21.8 Å². The zero-order chi connectivity index (χ0) is 25.2. The monoisotopic (exact) mass is 514 g/mol. The third kappa shape index (κ3) is 5.11. The molecule has 0 radical (unpaired) electrons.